The summed E-state index contributed by atoms with van der Waals surface area (Å²) in [6, 6.07) is 14.2. The summed E-state index contributed by atoms with van der Waals surface area (Å²) in [7, 11) is 0. The molecule has 2 heteroatoms. The standard InChI is InChI=1S/C18H17NO/c19-11-15-9-8-13(12-20)10-18(15)17-7-3-5-14-4-1-2-6-16(14)17/h3,5,7-10,20H,1-2,4,6,12H2. The Morgan fingerprint density at radius 1 is 1.05 bits per heavy atom. The van der Waals surface area contributed by atoms with E-state index in [0.29, 0.717) is 5.56 Å². The first kappa shape index (κ1) is 12.9. The third-order valence-electron chi connectivity index (χ3n) is 4.07. The van der Waals surface area contributed by atoms with E-state index in [1.807, 2.05) is 18.2 Å². The van der Waals surface area contributed by atoms with E-state index in [1.54, 1.807) is 0 Å². The maximum Gasteiger partial charge on any atom is 0.0998 e. The Balaban J connectivity index is 2.21. The highest BCUT2D eigenvalue weighted by Crippen LogP contribution is 2.33. The summed E-state index contributed by atoms with van der Waals surface area (Å²) in [5, 5.41) is 18.7. The van der Waals surface area contributed by atoms with E-state index in [-0.39, 0.29) is 6.61 Å². The van der Waals surface area contributed by atoms with E-state index in [9.17, 15) is 10.4 Å². The van der Waals surface area contributed by atoms with E-state index in [0.717, 1.165) is 29.5 Å². The smallest absolute Gasteiger partial charge is 0.0998 e. The summed E-state index contributed by atoms with van der Waals surface area (Å²) in [6.07, 6.45) is 4.67. The number of nitrogens with zero attached hydrogens (tertiary/aromatic N) is 1. The lowest BCUT2D eigenvalue weighted by atomic mass is 9.84. The van der Waals surface area contributed by atoms with Crippen molar-refractivity contribution < 1.29 is 5.11 Å². The van der Waals surface area contributed by atoms with Gasteiger partial charge in [-0.25, -0.2) is 0 Å². The number of fused-ring (bicyclic) bond motifs is 1. The zero-order chi connectivity index (χ0) is 13.9. The van der Waals surface area contributed by atoms with E-state index in [4.69, 9.17) is 0 Å². The van der Waals surface area contributed by atoms with Crippen molar-refractivity contribution in [2.24, 2.45) is 0 Å². The minimum atomic E-state index is 0.00767. The van der Waals surface area contributed by atoms with Gasteiger partial charge in [0.1, 0.15) is 0 Å². The average Bonchev–Trinajstić information content (AvgIpc) is 2.53. The minimum absolute atomic E-state index is 0.00767. The van der Waals surface area contributed by atoms with Crippen LogP contribution in [0, 0.1) is 11.3 Å². The molecule has 1 aliphatic carbocycles. The second-order valence-electron chi connectivity index (χ2n) is 5.30. The van der Waals surface area contributed by atoms with Crippen LogP contribution in [0.25, 0.3) is 11.1 Å². The fourth-order valence-corrected chi connectivity index (χ4v) is 3.04. The molecule has 0 aromatic heterocycles. The van der Waals surface area contributed by atoms with Crippen LogP contribution in [0.3, 0.4) is 0 Å². The molecule has 100 valence electrons. The van der Waals surface area contributed by atoms with Crippen molar-refractivity contribution in [3.63, 3.8) is 0 Å². The Hall–Kier alpha value is -2.11. The molecule has 20 heavy (non-hydrogen) atoms. The second-order valence-corrected chi connectivity index (χ2v) is 5.30. The number of hydrogen-bond donors (Lipinski definition) is 1. The molecular weight excluding hydrogens is 246 g/mol. The Morgan fingerprint density at radius 2 is 1.90 bits per heavy atom. The van der Waals surface area contributed by atoms with Gasteiger partial charge in [-0.15, -0.1) is 0 Å². The third kappa shape index (κ3) is 2.21. The Bertz CT molecular complexity index is 682. The lowest BCUT2D eigenvalue weighted by molar-refractivity contribution is 0.282. The van der Waals surface area contributed by atoms with Gasteiger partial charge in [0.2, 0.25) is 0 Å². The van der Waals surface area contributed by atoms with Crippen molar-refractivity contribution in [1.82, 2.24) is 0 Å². The molecular formula is C18H17NO. The van der Waals surface area contributed by atoms with Crippen molar-refractivity contribution in [2.75, 3.05) is 0 Å². The minimum Gasteiger partial charge on any atom is -0.392 e. The summed E-state index contributed by atoms with van der Waals surface area (Å²) in [5.74, 6) is 0. The van der Waals surface area contributed by atoms with Gasteiger partial charge in [0.05, 0.1) is 18.2 Å². The summed E-state index contributed by atoms with van der Waals surface area (Å²) in [5.41, 5.74) is 6.44. The van der Waals surface area contributed by atoms with Crippen LogP contribution in [0.5, 0.6) is 0 Å². The number of aliphatic hydroxyl groups is 1. The van der Waals surface area contributed by atoms with Crippen molar-refractivity contribution in [1.29, 1.82) is 5.26 Å². The predicted molar refractivity (Wildman–Crippen MR) is 79.2 cm³/mol. The van der Waals surface area contributed by atoms with Crippen LogP contribution in [-0.2, 0) is 19.4 Å². The van der Waals surface area contributed by atoms with Gasteiger partial charge in [0.15, 0.2) is 0 Å². The first-order valence-electron chi connectivity index (χ1n) is 7.08. The Kier molecular flexibility index (Phi) is 3.54. The highest BCUT2D eigenvalue weighted by atomic mass is 16.3. The molecule has 0 amide bonds. The molecule has 0 bridgehead atoms. The average molecular weight is 263 g/mol. The van der Waals surface area contributed by atoms with Gasteiger partial charge in [-0.05, 0) is 60.1 Å². The number of hydrogen-bond acceptors (Lipinski definition) is 2. The molecule has 0 radical (unpaired) electrons. The van der Waals surface area contributed by atoms with E-state index >= 15 is 0 Å². The first-order chi connectivity index (χ1) is 9.83. The molecule has 2 aromatic carbocycles. The molecule has 1 N–H and O–H groups in total. The van der Waals surface area contributed by atoms with Crippen molar-refractivity contribution >= 4 is 0 Å². The molecule has 0 spiro atoms. The normalized spacial score (nSPS) is 13.6. The van der Waals surface area contributed by atoms with Crippen molar-refractivity contribution in [3.8, 4) is 17.2 Å². The molecule has 0 heterocycles. The molecule has 1 aliphatic rings. The van der Waals surface area contributed by atoms with Gasteiger partial charge < -0.3 is 5.11 Å². The summed E-state index contributed by atoms with van der Waals surface area (Å²) in [6.45, 7) is 0.00767. The molecule has 3 rings (SSSR count). The molecule has 2 aromatic rings. The largest absolute Gasteiger partial charge is 0.392 e. The van der Waals surface area contributed by atoms with Gasteiger partial charge >= 0.3 is 0 Å². The topological polar surface area (TPSA) is 44.0 Å². The highest BCUT2D eigenvalue weighted by molar-refractivity contribution is 5.75. The molecule has 2 nitrogen and oxygen atoms in total. The number of aliphatic hydroxyl groups excluding tert-OH is 1. The fraction of sp³-hybridized carbons (Fsp3) is 0.278. The van der Waals surface area contributed by atoms with Crippen LogP contribution in [-0.4, -0.2) is 5.11 Å². The Morgan fingerprint density at radius 3 is 2.70 bits per heavy atom. The van der Waals surface area contributed by atoms with Crippen molar-refractivity contribution in [2.45, 2.75) is 32.3 Å². The lowest BCUT2D eigenvalue weighted by Gasteiger charge is -2.20. The summed E-state index contributed by atoms with van der Waals surface area (Å²) in [4.78, 5) is 0. The van der Waals surface area contributed by atoms with Gasteiger partial charge in [-0.2, -0.15) is 5.26 Å². The monoisotopic (exact) mass is 263 g/mol. The summed E-state index contributed by atoms with van der Waals surface area (Å²) < 4.78 is 0. The molecule has 0 aliphatic heterocycles. The second kappa shape index (κ2) is 5.48. The van der Waals surface area contributed by atoms with Crippen LogP contribution >= 0.6 is 0 Å². The zero-order valence-electron chi connectivity index (χ0n) is 11.4. The number of nitriles is 1. The predicted octanol–water partition coefficient (Wildman–Crippen LogP) is 3.60. The highest BCUT2D eigenvalue weighted by Gasteiger charge is 2.16. The number of rotatable bonds is 2. The molecule has 0 saturated heterocycles. The zero-order valence-corrected chi connectivity index (χ0v) is 11.4. The van der Waals surface area contributed by atoms with Crippen LogP contribution in [0.2, 0.25) is 0 Å². The van der Waals surface area contributed by atoms with E-state index in [1.165, 1.54) is 24.0 Å². The fourth-order valence-electron chi connectivity index (χ4n) is 3.04. The molecule has 0 atom stereocenters. The van der Waals surface area contributed by atoms with Crippen LogP contribution in [0.4, 0.5) is 0 Å². The van der Waals surface area contributed by atoms with Gasteiger partial charge in [0, 0.05) is 5.56 Å². The number of benzene rings is 2. The van der Waals surface area contributed by atoms with Crippen LogP contribution in [0.1, 0.15) is 35.1 Å². The van der Waals surface area contributed by atoms with Crippen LogP contribution in [0.15, 0.2) is 36.4 Å². The molecule has 0 fully saturated rings. The van der Waals surface area contributed by atoms with Gasteiger partial charge in [0.25, 0.3) is 0 Å². The van der Waals surface area contributed by atoms with Crippen LogP contribution < -0.4 is 0 Å². The van der Waals surface area contributed by atoms with Gasteiger partial charge in [-0.3, -0.25) is 0 Å². The lowest BCUT2D eigenvalue weighted by Crippen LogP contribution is -2.05. The summed E-state index contributed by atoms with van der Waals surface area (Å²) >= 11 is 0. The molecule has 0 saturated carbocycles. The third-order valence-corrected chi connectivity index (χ3v) is 4.07. The maximum absolute atomic E-state index is 9.33. The van der Waals surface area contributed by atoms with Crippen molar-refractivity contribution in [3.05, 3.63) is 58.7 Å². The number of aryl methyl sites for hydroxylation is 1. The van der Waals surface area contributed by atoms with Gasteiger partial charge in [-0.1, -0.05) is 24.3 Å². The first-order valence-corrected chi connectivity index (χ1v) is 7.08. The van der Waals surface area contributed by atoms with E-state index < -0.39 is 0 Å². The SMILES string of the molecule is N#Cc1ccc(CO)cc1-c1cccc2c1CCCC2. The van der Waals surface area contributed by atoms with E-state index in [2.05, 4.69) is 24.3 Å². The maximum atomic E-state index is 9.33. The quantitative estimate of drug-likeness (QED) is 0.899. The molecule has 0 unspecified atom stereocenters. The Labute approximate surface area is 119 Å².